The lowest BCUT2D eigenvalue weighted by atomic mass is 9.88. The van der Waals surface area contributed by atoms with Crippen LogP contribution in [0.1, 0.15) is 37.5 Å². The third-order valence-electron chi connectivity index (χ3n) is 4.52. The van der Waals surface area contributed by atoms with Crippen molar-refractivity contribution in [3.63, 3.8) is 0 Å². The van der Waals surface area contributed by atoms with Crippen molar-refractivity contribution in [2.75, 3.05) is 13.1 Å². The molecule has 2 heterocycles. The maximum atomic E-state index is 4.94. The molecule has 1 N–H and O–H groups in total. The summed E-state index contributed by atoms with van der Waals surface area (Å²) in [6.07, 6.45) is 2.62. The van der Waals surface area contributed by atoms with Crippen molar-refractivity contribution in [2.45, 2.75) is 31.7 Å². The van der Waals surface area contributed by atoms with E-state index in [9.17, 15) is 0 Å². The molecule has 3 nitrogen and oxygen atoms in total. The number of rotatable bonds is 3. The number of nitrogens with one attached hydrogen (secondary N) is 1. The number of nitrogens with zero attached hydrogens (tertiary/aromatic N) is 2. The average molecular weight is 320 g/mol. The Morgan fingerprint density at radius 3 is 2.79 bits per heavy atom. The fourth-order valence-electron chi connectivity index (χ4n) is 3.00. The Morgan fingerprint density at radius 2 is 2.16 bits per heavy atom. The molecule has 0 spiro atoms. The zero-order chi connectivity index (χ0) is 13.0. The lowest BCUT2D eigenvalue weighted by Crippen LogP contribution is -2.45. The Kier molecular flexibility index (Phi) is 2.71. The van der Waals surface area contributed by atoms with E-state index in [-0.39, 0.29) is 0 Å². The Bertz CT molecular complexity index is 626. The highest BCUT2D eigenvalue weighted by atomic mass is 79.9. The standard InChI is InChI=1S/C15H18BrN3/c1-9(10-7-17-8-10)15-18-13-6-11(16)2-5-14(13)19(15)12-3-4-12/h2,5-6,9-10,12,17H,3-4,7-8H2,1H3. The van der Waals surface area contributed by atoms with Gasteiger partial charge in [0.15, 0.2) is 0 Å². The number of aromatic nitrogens is 2. The van der Waals surface area contributed by atoms with Crippen molar-refractivity contribution in [3.8, 4) is 0 Å². The monoisotopic (exact) mass is 319 g/mol. The van der Waals surface area contributed by atoms with Gasteiger partial charge in [-0.1, -0.05) is 22.9 Å². The van der Waals surface area contributed by atoms with E-state index in [1.807, 2.05) is 0 Å². The highest BCUT2D eigenvalue weighted by molar-refractivity contribution is 9.10. The second-order valence-electron chi connectivity index (χ2n) is 5.91. The zero-order valence-electron chi connectivity index (χ0n) is 11.1. The Balaban J connectivity index is 1.85. The summed E-state index contributed by atoms with van der Waals surface area (Å²) in [5.41, 5.74) is 2.44. The number of hydrogen-bond donors (Lipinski definition) is 1. The molecule has 2 aliphatic rings. The molecule has 1 aromatic heterocycles. The molecule has 1 saturated heterocycles. The molecule has 2 fully saturated rings. The van der Waals surface area contributed by atoms with Crippen molar-refractivity contribution in [3.05, 3.63) is 28.5 Å². The second-order valence-corrected chi connectivity index (χ2v) is 6.83. The normalized spacial score (nSPS) is 21.6. The zero-order valence-corrected chi connectivity index (χ0v) is 12.7. The van der Waals surface area contributed by atoms with Gasteiger partial charge in [0, 0.05) is 16.4 Å². The van der Waals surface area contributed by atoms with Crippen LogP contribution in [0.3, 0.4) is 0 Å². The molecule has 4 heteroatoms. The molecule has 1 saturated carbocycles. The largest absolute Gasteiger partial charge is 0.325 e. The smallest absolute Gasteiger partial charge is 0.113 e. The average Bonchev–Trinajstić information content (AvgIpc) is 3.07. The molecule has 2 aromatic rings. The first-order valence-electron chi connectivity index (χ1n) is 7.12. The lowest BCUT2D eigenvalue weighted by molar-refractivity contribution is 0.291. The van der Waals surface area contributed by atoms with E-state index < -0.39 is 0 Å². The molecule has 0 amide bonds. The third kappa shape index (κ3) is 1.93. The fraction of sp³-hybridized carbons (Fsp3) is 0.533. The molecule has 1 atom stereocenters. The minimum Gasteiger partial charge on any atom is -0.325 e. The quantitative estimate of drug-likeness (QED) is 0.939. The molecule has 1 aliphatic carbocycles. The van der Waals surface area contributed by atoms with Crippen LogP contribution in [0.4, 0.5) is 0 Å². The Hall–Kier alpha value is -0.870. The molecular formula is C15H18BrN3. The summed E-state index contributed by atoms with van der Waals surface area (Å²) in [5.74, 6) is 2.59. The predicted octanol–water partition coefficient (Wildman–Crippen LogP) is 3.46. The second kappa shape index (κ2) is 4.32. The molecular weight excluding hydrogens is 302 g/mol. The van der Waals surface area contributed by atoms with Gasteiger partial charge in [-0.2, -0.15) is 0 Å². The van der Waals surface area contributed by atoms with Gasteiger partial charge in [0.1, 0.15) is 5.82 Å². The van der Waals surface area contributed by atoms with Gasteiger partial charge in [-0.25, -0.2) is 4.98 Å². The summed E-state index contributed by atoms with van der Waals surface area (Å²) in [6.45, 7) is 4.61. The van der Waals surface area contributed by atoms with Crippen LogP contribution in [0.5, 0.6) is 0 Å². The lowest BCUT2D eigenvalue weighted by Gasteiger charge is -2.32. The SMILES string of the molecule is CC(c1nc2cc(Br)ccc2n1C1CC1)C1CNC1. The molecule has 0 bridgehead atoms. The number of fused-ring (bicyclic) bond motifs is 1. The Labute approximate surface area is 121 Å². The van der Waals surface area contributed by atoms with Crippen LogP contribution in [-0.4, -0.2) is 22.6 Å². The molecule has 0 radical (unpaired) electrons. The predicted molar refractivity (Wildman–Crippen MR) is 80.5 cm³/mol. The van der Waals surface area contributed by atoms with Gasteiger partial charge in [0.05, 0.1) is 11.0 Å². The van der Waals surface area contributed by atoms with E-state index in [0.29, 0.717) is 12.0 Å². The van der Waals surface area contributed by atoms with Crippen molar-refractivity contribution >= 4 is 27.0 Å². The summed E-state index contributed by atoms with van der Waals surface area (Å²) in [7, 11) is 0. The summed E-state index contributed by atoms with van der Waals surface area (Å²) >= 11 is 3.55. The van der Waals surface area contributed by atoms with Crippen molar-refractivity contribution in [2.24, 2.45) is 5.92 Å². The van der Waals surface area contributed by atoms with Gasteiger partial charge in [0.25, 0.3) is 0 Å². The van der Waals surface area contributed by atoms with Crippen molar-refractivity contribution < 1.29 is 0 Å². The van der Waals surface area contributed by atoms with Gasteiger partial charge in [-0.05, 0) is 50.0 Å². The summed E-state index contributed by atoms with van der Waals surface area (Å²) in [5, 5.41) is 3.37. The first-order valence-corrected chi connectivity index (χ1v) is 7.91. The summed E-state index contributed by atoms with van der Waals surface area (Å²) in [4.78, 5) is 4.94. The maximum Gasteiger partial charge on any atom is 0.113 e. The van der Waals surface area contributed by atoms with Crippen LogP contribution < -0.4 is 5.32 Å². The first-order chi connectivity index (χ1) is 9.24. The molecule has 4 rings (SSSR count). The van der Waals surface area contributed by atoms with Crippen LogP contribution in [0.15, 0.2) is 22.7 Å². The van der Waals surface area contributed by atoms with Gasteiger partial charge >= 0.3 is 0 Å². The molecule has 100 valence electrons. The van der Waals surface area contributed by atoms with Crippen LogP contribution in [-0.2, 0) is 0 Å². The van der Waals surface area contributed by atoms with E-state index in [2.05, 4.69) is 50.9 Å². The maximum absolute atomic E-state index is 4.94. The van der Waals surface area contributed by atoms with Crippen LogP contribution in [0.2, 0.25) is 0 Å². The van der Waals surface area contributed by atoms with E-state index in [1.165, 1.54) is 24.2 Å². The number of benzene rings is 1. The highest BCUT2D eigenvalue weighted by Gasteiger charge is 2.33. The summed E-state index contributed by atoms with van der Waals surface area (Å²) < 4.78 is 3.62. The highest BCUT2D eigenvalue weighted by Crippen LogP contribution is 2.42. The number of halogens is 1. The molecule has 1 unspecified atom stereocenters. The van der Waals surface area contributed by atoms with E-state index in [1.54, 1.807) is 0 Å². The van der Waals surface area contributed by atoms with Gasteiger partial charge in [-0.15, -0.1) is 0 Å². The molecule has 1 aliphatic heterocycles. The topological polar surface area (TPSA) is 29.9 Å². The van der Waals surface area contributed by atoms with Gasteiger partial charge in [-0.3, -0.25) is 0 Å². The van der Waals surface area contributed by atoms with Crippen LogP contribution >= 0.6 is 15.9 Å². The number of imidazole rings is 1. The van der Waals surface area contributed by atoms with E-state index in [4.69, 9.17) is 4.98 Å². The summed E-state index contributed by atoms with van der Waals surface area (Å²) in [6, 6.07) is 7.17. The number of hydrogen-bond acceptors (Lipinski definition) is 2. The van der Waals surface area contributed by atoms with Crippen molar-refractivity contribution in [1.29, 1.82) is 0 Å². The minimum absolute atomic E-state index is 0.549. The van der Waals surface area contributed by atoms with Gasteiger partial charge in [0.2, 0.25) is 0 Å². The van der Waals surface area contributed by atoms with Crippen LogP contribution in [0, 0.1) is 5.92 Å². The fourth-order valence-corrected chi connectivity index (χ4v) is 3.35. The van der Waals surface area contributed by atoms with E-state index >= 15 is 0 Å². The van der Waals surface area contributed by atoms with E-state index in [0.717, 1.165) is 29.0 Å². The Morgan fingerprint density at radius 1 is 1.37 bits per heavy atom. The minimum atomic E-state index is 0.549. The third-order valence-corrected chi connectivity index (χ3v) is 5.01. The van der Waals surface area contributed by atoms with Crippen LogP contribution in [0.25, 0.3) is 11.0 Å². The molecule has 1 aromatic carbocycles. The first kappa shape index (κ1) is 11.9. The van der Waals surface area contributed by atoms with Gasteiger partial charge < -0.3 is 9.88 Å². The van der Waals surface area contributed by atoms with Crippen molar-refractivity contribution in [1.82, 2.24) is 14.9 Å². The molecule has 19 heavy (non-hydrogen) atoms.